The molecule has 0 unspecified atom stereocenters. The van der Waals surface area contributed by atoms with Crippen molar-refractivity contribution in [3.05, 3.63) is 12.7 Å². The van der Waals surface area contributed by atoms with Gasteiger partial charge in [-0.25, -0.2) is 4.79 Å². The second-order valence-electron chi connectivity index (χ2n) is 4.51. The third-order valence-corrected chi connectivity index (χ3v) is 2.80. The minimum absolute atomic E-state index is 0.0680. The van der Waals surface area contributed by atoms with Gasteiger partial charge in [0.2, 0.25) is 0 Å². The minimum Gasteiger partial charge on any atom is -0.464 e. The maximum absolute atomic E-state index is 11.6. The number of carbonyl (C=O) groups excluding carboxylic acids is 2. The van der Waals surface area contributed by atoms with Gasteiger partial charge in [-0.3, -0.25) is 9.69 Å². The number of amides is 1. The van der Waals surface area contributed by atoms with E-state index in [0.29, 0.717) is 13.2 Å². The van der Waals surface area contributed by atoms with Crippen molar-refractivity contribution < 1.29 is 19.1 Å². The van der Waals surface area contributed by atoms with Crippen molar-refractivity contribution in [3.8, 4) is 0 Å². The normalized spacial score (nSPS) is 9.90. The molecule has 0 aromatic heterocycles. The second kappa shape index (κ2) is 12.5. The van der Waals surface area contributed by atoms with Crippen LogP contribution in [0.1, 0.15) is 46.0 Å². The zero-order valence-electron chi connectivity index (χ0n) is 12.7. The Hall–Kier alpha value is -1.52. The van der Waals surface area contributed by atoms with Gasteiger partial charge in [-0.2, -0.15) is 0 Å². The molecule has 0 radical (unpaired) electrons. The van der Waals surface area contributed by atoms with Gasteiger partial charge in [0.05, 0.1) is 6.61 Å². The van der Waals surface area contributed by atoms with Crippen LogP contribution in [0.25, 0.3) is 0 Å². The van der Waals surface area contributed by atoms with Crippen molar-refractivity contribution in [1.29, 1.82) is 0 Å². The molecule has 0 heterocycles. The highest BCUT2D eigenvalue weighted by Gasteiger charge is 2.17. The molecule has 0 bridgehead atoms. The number of ether oxygens (including phenoxy) is 2. The largest absolute Gasteiger partial charge is 0.464 e. The van der Waals surface area contributed by atoms with Gasteiger partial charge in [-0.1, -0.05) is 45.3 Å². The molecule has 0 aromatic rings. The molecule has 0 saturated heterocycles. The van der Waals surface area contributed by atoms with E-state index in [1.807, 2.05) is 0 Å². The fraction of sp³-hybridized carbons (Fsp3) is 0.733. The molecule has 0 aliphatic rings. The lowest BCUT2D eigenvalue weighted by atomic mass is 10.2. The van der Waals surface area contributed by atoms with Gasteiger partial charge < -0.3 is 9.47 Å². The van der Waals surface area contributed by atoms with E-state index in [4.69, 9.17) is 9.47 Å². The van der Waals surface area contributed by atoms with E-state index in [2.05, 4.69) is 13.5 Å². The summed E-state index contributed by atoms with van der Waals surface area (Å²) < 4.78 is 9.98. The molecule has 0 spiro atoms. The van der Waals surface area contributed by atoms with E-state index < -0.39 is 12.1 Å². The predicted octanol–water partition coefficient (Wildman–Crippen LogP) is 3.14. The highest BCUT2D eigenvalue weighted by atomic mass is 16.6. The molecule has 5 heteroatoms. The molecule has 0 rings (SSSR count). The average molecular weight is 285 g/mol. The third kappa shape index (κ3) is 9.42. The number of unbranched alkanes of at least 4 members (excludes halogenated alkanes) is 4. The number of rotatable bonds is 11. The fourth-order valence-electron chi connectivity index (χ4n) is 1.62. The Bertz CT molecular complexity index is 292. The lowest BCUT2D eigenvalue weighted by Crippen LogP contribution is -2.36. The van der Waals surface area contributed by atoms with Gasteiger partial charge in [0, 0.05) is 6.54 Å². The van der Waals surface area contributed by atoms with Crippen molar-refractivity contribution in [2.24, 2.45) is 0 Å². The molecule has 20 heavy (non-hydrogen) atoms. The number of nitrogens with zero attached hydrogens (tertiary/aromatic N) is 1. The first kappa shape index (κ1) is 18.5. The summed E-state index contributed by atoms with van der Waals surface area (Å²) >= 11 is 0. The van der Waals surface area contributed by atoms with E-state index in [1.54, 1.807) is 6.92 Å². The van der Waals surface area contributed by atoms with E-state index >= 15 is 0 Å². The number of likely N-dealkylation sites (N-methyl/N-ethyl adjacent to an activating group) is 1. The van der Waals surface area contributed by atoms with Crippen LogP contribution in [0.4, 0.5) is 4.79 Å². The van der Waals surface area contributed by atoms with Crippen LogP contribution >= 0.6 is 0 Å². The van der Waals surface area contributed by atoms with Crippen molar-refractivity contribution in [3.63, 3.8) is 0 Å². The Balaban J connectivity index is 3.80. The SMILES string of the molecule is C=CCOC(=O)N(CC)CC(=O)OCCCCCCC. The Labute approximate surface area is 121 Å². The Kier molecular flexibility index (Phi) is 11.6. The number of hydrogen-bond donors (Lipinski definition) is 0. The quantitative estimate of drug-likeness (QED) is 0.332. The topological polar surface area (TPSA) is 55.8 Å². The van der Waals surface area contributed by atoms with E-state index in [0.717, 1.165) is 12.8 Å². The number of esters is 1. The van der Waals surface area contributed by atoms with Gasteiger partial charge in [0.25, 0.3) is 0 Å². The molecular weight excluding hydrogens is 258 g/mol. The van der Waals surface area contributed by atoms with Crippen molar-refractivity contribution in [1.82, 2.24) is 4.90 Å². The molecule has 0 atom stereocenters. The molecule has 0 saturated carbocycles. The molecule has 0 N–H and O–H groups in total. The molecular formula is C15H27NO4. The van der Waals surface area contributed by atoms with Crippen molar-refractivity contribution in [2.75, 3.05) is 26.3 Å². The first-order valence-corrected chi connectivity index (χ1v) is 7.33. The van der Waals surface area contributed by atoms with E-state index in [1.165, 1.54) is 30.2 Å². The Morgan fingerprint density at radius 2 is 1.80 bits per heavy atom. The third-order valence-electron chi connectivity index (χ3n) is 2.80. The second-order valence-corrected chi connectivity index (χ2v) is 4.51. The van der Waals surface area contributed by atoms with Crippen LogP contribution in [0.5, 0.6) is 0 Å². The summed E-state index contributed by atoms with van der Waals surface area (Å²) in [5.74, 6) is -0.391. The summed E-state index contributed by atoms with van der Waals surface area (Å²) in [5.41, 5.74) is 0. The molecule has 116 valence electrons. The standard InChI is InChI=1S/C15H27NO4/c1-4-7-8-9-10-12-19-14(17)13-16(6-3)15(18)20-11-5-2/h5H,2,4,6-13H2,1,3H3. The van der Waals surface area contributed by atoms with Gasteiger partial charge in [0.1, 0.15) is 13.2 Å². The van der Waals surface area contributed by atoms with Gasteiger partial charge in [-0.05, 0) is 13.3 Å². The van der Waals surface area contributed by atoms with Crippen LogP contribution < -0.4 is 0 Å². The fourth-order valence-corrected chi connectivity index (χ4v) is 1.62. The van der Waals surface area contributed by atoms with Gasteiger partial charge >= 0.3 is 12.1 Å². The van der Waals surface area contributed by atoms with Crippen LogP contribution in [-0.4, -0.2) is 43.3 Å². The Morgan fingerprint density at radius 1 is 1.10 bits per heavy atom. The highest BCUT2D eigenvalue weighted by Crippen LogP contribution is 2.03. The first-order valence-electron chi connectivity index (χ1n) is 7.33. The molecule has 0 aromatic carbocycles. The van der Waals surface area contributed by atoms with Crippen LogP contribution in [-0.2, 0) is 14.3 Å². The zero-order chi connectivity index (χ0) is 15.2. The van der Waals surface area contributed by atoms with Crippen LogP contribution in [0.15, 0.2) is 12.7 Å². The zero-order valence-corrected chi connectivity index (χ0v) is 12.7. The molecule has 0 fully saturated rings. The molecule has 0 aliphatic heterocycles. The Morgan fingerprint density at radius 3 is 2.40 bits per heavy atom. The smallest absolute Gasteiger partial charge is 0.410 e. The lowest BCUT2D eigenvalue weighted by Gasteiger charge is -2.18. The van der Waals surface area contributed by atoms with Crippen LogP contribution in [0, 0.1) is 0 Å². The van der Waals surface area contributed by atoms with E-state index in [9.17, 15) is 9.59 Å². The average Bonchev–Trinajstić information content (AvgIpc) is 2.45. The van der Waals surface area contributed by atoms with Crippen molar-refractivity contribution >= 4 is 12.1 Å². The molecule has 0 aliphatic carbocycles. The van der Waals surface area contributed by atoms with Crippen molar-refractivity contribution in [2.45, 2.75) is 46.0 Å². The maximum atomic E-state index is 11.6. The molecule has 5 nitrogen and oxygen atoms in total. The first-order chi connectivity index (χ1) is 9.65. The number of hydrogen-bond acceptors (Lipinski definition) is 4. The summed E-state index contributed by atoms with van der Waals surface area (Å²) in [5, 5.41) is 0. The summed E-state index contributed by atoms with van der Waals surface area (Å²) in [6.07, 6.45) is 6.49. The van der Waals surface area contributed by atoms with Crippen LogP contribution in [0.2, 0.25) is 0 Å². The summed E-state index contributed by atoms with van der Waals surface area (Å²) in [6, 6.07) is 0. The monoisotopic (exact) mass is 285 g/mol. The van der Waals surface area contributed by atoms with Gasteiger partial charge in [0.15, 0.2) is 0 Å². The van der Waals surface area contributed by atoms with Crippen LogP contribution in [0.3, 0.4) is 0 Å². The summed E-state index contributed by atoms with van der Waals surface area (Å²) in [6.45, 7) is 8.30. The molecule has 1 amide bonds. The predicted molar refractivity (Wildman–Crippen MR) is 78.5 cm³/mol. The highest BCUT2D eigenvalue weighted by molar-refractivity contribution is 5.78. The van der Waals surface area contributed by atoms with E-state index in [-0.39, 0.29) is 13.2 Å². The maximum Gasteiger partial charge on any atom is 0.410 e. The lowest BCUT2D eigenvalue weighted by molar-refractivity contribution is -0.144. The summed E-state index contributed by atoms with van der Waals surface area (Å²) in [4.78, 5) is 24.5. The number of carbonyl (C=O) groups is 2. The van der Waals surface area contributed by atoms with Gasteiger partial charge in [-0.15, -0.1) is 0 Å². The summed E-state index contributed by atoms with van der Waals surface area (Å²) in [7, 11) is 0. The minimum atomic E-state index is -0.521.